The van der Waals surface area contributed by atoms with Crippen LogP contribution in [0.1, 0.15) is 20.3 Å². The standard InChI is InChI=1S/C12H21N3O2/c1-10(2)9-13-7-4-8-15-12(16)6-5-11(14-15)17-3/h5-6,10,13H,4,7-9H2,1-3H3. The van der Waals surface area contributed by atoms with Crippen molar-refractivity contribution in [1.82, 2.24) is 15.1 Å². The molecule has 96 valence electrons. The Kier molecular flexibility index (Phi) is 5.69. The highest BCUT2D eigenvalue weighted by Gasteiger charge is 2.00. The van der Waals surface area contributed by atoms with Crippen molar-refractivity contribution in [2.24, 2.45) is 5.92 Å². The first-order valence-corrected chi connectivity index (χ1v) is 5.96. The first-order valence-electron chi connectivity index (χ1n) is 5.96. The van der Waals surface area contributed by atoms with E-state index in [2.05, 4.69) is 24.3 Å². The monoisotopic (exact) mass is 239 g/mol. The van der Waals surface area contributed by atoms with Gasteiger partial charge >= 0.3 is 0 Å². The Morgan fingerprint density at radius 2 is 2.24 bits per heavy atom. The molecule has 0 fully saturated rings. The summed E-state index contributed by atoms with van der Waals surface area (Å²) in [5, 5.41) is 7.41. The summed E-state index contributed by atoms with van der Waals surface area (Å²) in [6.07, 6.45) is 0.882. The Bertz CT molecular complexity index is 388. The van der Waals surface area contributed by atoms with Gasteiger partial charge in [-0.15, -0.1) is 5.10 Å². The van der Waals surface area contributed by atoms with Crippen LogP contribution in [0.15, 0.2) is 16.9 Å². The lowest BCUT2D eigenvalue weighted by Gasteiger charge is -2.08. The molecule has 0 aliphatic carbocycles. The van der Waals surface area contributed by atoms with Crippen LogP contribution in [0.25, 0.3) is 0 Å². The van der Waals surface area contributed by atoms with Crippen molar-refractivity contribution in [3.8, 4) is 5.88 Å². The molecule has 0 aliphatic rings. The molecule has 1 aromatic heterocycles. The number of aromatic nitrogens is 2. The van der Waals surface area contributed by atoms with Crippen molar-refractivity contribution >= 4 is 0 Å². The third-order valence-electron chi connectivity index (χ3n) is 2.33. The van der Waals surface area contributed by atoms with E-state index in [1.807, 2.05) is 0 Å². The van der Waals surface area contributed by atoms with Crippen molar-refractivity contribution in [2.75, 3.05) is 20.2 Å². The van der Waals surface area contributed by atoms with Crippen molar-refractivity contribution in [1.29, 1.82) is 0 Å². The molecule has 0 spiro atoms. The zero-order valence-electron chi connectivity index (χ0n) is 10.8. The van der Waals surface area contributed by atoms with Gasteiger partial charge in [0, 0.05) is 18.7 Å². The highest BCUT2D eigenvalue weighted by atomic mass is 16.5. The van der Waals surface area contributed by atoms with Gasteiger partial charge in [0.15, 0.2) is 0 Å². The average molecular weight is 239 g/mol. The average Bonchev–Trinajstić information content (AvgIpc) is 2.30. The second-order valence-corrected chi connectivity index (χ2v) is 4.39. The molecule has 0 aromatic carbocycles. The molecule has 0 radical (unpaired) electrons. The van der Waals surface area contributed by atoms with Gasteiger partial charge < -0.3 is 10.1 Å². The lowest BCUT2D eigenvalue weighted by atomic mass is 10.2. The summed E-state index contributed by atoms with van der Waals surface area (Å²) < 4.78 is 6.42. The van der Waals surface area contributed by atoms with Gasteiger partial charge in [0.25, 0.3) is 5.56 Å². The van der Waals surface area contributed by atoms with E-state index in [9.17, 15) is 4.79 Å². The molecule has 1 N–H and O–H groups in total. The van der Waals surface area contributed by atoms with Gasteiger partial charge in [-0.05, 0) is 25.4 Å². The minimum absolute atomic E-state index is 0.0883. The molecule has 0 saturated carbocycles. The predicted molar refractivity (Wildman–Crippen MR) is 67.4 cm³/mol. The lowest BCUT2D eigenvalue weighted by Crippen LogP contribution is -2.26. The smallest absolute Gasteiger partial charge is 0.266 e. The van der Waals surface area contributed by atoms with E-state index in [-0.39, 0.29) is 5.56 Å². The first-order chi connectivity index (χ1) is 8.13. The van der Waals surface area contributed by atoms with E-state index >= 15 is 0 Å². The van der Waals surface area contributed by atoms with Gasteiger partial charge in [0.05, 0.1) is 7.11 Å². The van der Waals surface area contributed by atoms with Gasteiger partial charge in [0.2, 0.25) is 5.88 Å². The molecule has 5 nitrogen and oxygen atoms in total. The fourth-order valence-corrected chi connectivity index (χ4v) is 1.44. The first kappa shape index (κ1) is 13.7. The minimum atomic E-state index is -0.0883. The van der Waals surface area contributed by atoms with Crippen LogP contribution in [-0.4, -0.2) is 30.0 Å². The lowest BCUT2D eigenvalue weighted by molar-refractivity contribution is 0.372. The normalized spacial score (nSPS) is 10.8. The van der Waals surface area contributed by atoms with Crippen molar-refractivity contribution < 1.29 is 4.74 Å². The van der Waals surface area contributed by atoms with E-state index in [0.29, 0.717) is 18.3 Å². The Hall–Kier alpha value is -1.36. The molecule has 0 unspecified atom stereocenters. The van der Waals surface area contributed by atoms with Crippen LogP contribution in [0.5, 0.6) is 5.88 Å². The van der Waals surface area contributed by atoms with E-state index in [1.54, 1.807) is 13.2 Å². The van der Waals surface area contributed by atoms with E-state index in [0.717, 1.165) is 19.5 Å². The summed E-state index contributed by atoms with van der Waals surface area (Å²) in [7, 11) is 1.54. The van der Waals surface area contributed by atoms with Crippen molar-refractivity contribution in [3.05, 3.63) is 22.5 Å². The Morgan fingerprint density at radius 1 is 1.47 bits per heavy atom. The molecular weight excluding hydrogens is 218 g/mol. The molecule has 1 heterocycles. The summed E-state index contributed by atoms with van der Waals surface area (Å²) in [6.45, 7) is 6.84. The molecule has 0 bridgehead atoms. The second kappa shape index (κ2) is 7.06. The second-order valence-electron chi connectivity index (χ2n) is 4.39. The molecule has 0 amide bonds. The Morgan fingerprint density at radius 3 is 2.88 bits per heavy atom. The van der Waals surface area contributed by atoms with Gasteiger partial charge in [-0.1, -0.05) is 13.8 Å². The van der Waals surface area contributed by atoms with E-state index < -0.39 is 0 Å². The fourth-order valence-electron chi connectivity index (χ4n) is 1.44. The predicted octanol–water partition coefficient (Wildman–Crippen LogP) is 0.888. The van der Waals surface area contributed by atoms with Crippen LogP contribution in [0.4, 0.5) is 0 Å². The number of rotatable bonds is 7. The number of ether oxygens (including phenoxy) is 1. The molecule has 5 heteroatoms. The third kappa shape index (κ3) is 4.99. The number of hydrogen-bond donors (Lipinski definition) is 1. The minimum Gasteiger partial charge on any atom is -0.480 e. The van der Waals surface area contributed by atoms with Crippen LogP contribution >= 0.6 is 0 Å². The summed E-state index contributed by atoms with van der Waals surface area (Å²) in [6, 6.07) is 3.06. The Labute approximate surface area is 102 Å². The SMILES string of the molecule is COc1ccc(=O)n(CCCNCC(C)C)n1. The number of nitrogens with one attached hydrogen (secondary N) is 1. The topological polar surface area (TPSA) is 56.1 Å². The molecule has 0 saturated heterocycles. The zero-order valence-corrected chi connectivity index (χ0v) is 10.8. The molecular formula is C12H21N3O2. The number of aryl methyl sites for hydroxylation is 1. The summed E-state index contributed by atoms with van der Waals surface area (Å²) in [5.74, 6) is 1.12. The maximum Gasteiger partial charge on any atom is 0.266 e. The maximum atomic E-state index is 11.5. The van der Waals surface area contributed by atoms with Crippen LogP contribution in [-0.2, 0) is 6.54 Å². The quantitative estimate of drug-likeness (QED) is 0.718. The van der Waals surface area contributed by atoms with Crippen LogP contribution in [0.3, 0.4) is 0 Å². The van der Waals surface area contributed by atoms with Crippen LogP contribution in [0, 0.1) is 5.92 Å². The maximum absolute atomic E-state index is 11.5. The Balaban J connectivity index is 2.38. The fraction of sp³-hybridized carbons (Fsp3) is 0.667. The molecule has 0 atom stereocenters. The highest BCUT2D eigenvalue weighted by molar-refractivity contribution is 5.05. The third-order valence-corrected chi connectivity index (χ3v) is 2.33. The summed E-state index contributed by atoms with van der Waals surface area (Å²) >= 11 is 0. The molecule has 0 aliphatic heterocycles. The van der Waals surface area contributed by atoms with Gasteiger partial charge in [-0.25, -0.2) is 4.68 Å². The number of methoxy groups -OCH3 is 1. The summed E-state index contributed by atoms with van der Waals surface area (Å²) in [4.78, 5) is 11.5. The van der Waals surface area contributed by atoms with Crippen LogP contribution in [0.2, 0.25) is 0 Å². The van der Waals surface area contributed by atoms with E-state index in [4.69, 9.17) is 4.74 Å². The molecule has 17 heavy (non-hydrogen) atoms. The van der Waals surface area contributed by atoms with Gasteiger partial charge in [-0.3, -0.25) is 4.79 Å². The van der Waals surface area contributed by atoms with Gasteiger partial charge in [0.1, 0.15) is 0 Å². The van der Waals surface area contributed by atoms with Gasteiger partial charge in [-0.2, -0.15) is 0 Å². The number of nitrogens with zero attached hydrogens (tertiary/aromatic N) is 2. The van der Waals surface area contributed by atoms with Crippen LogP contribution < -0.4 is 15.6 Å². The molecule has 1 aromatic rings. The van der Waals surface area contributed by atoms with Crippen molar-refractivity contribution in [2.45, 2.75) is 26.8 Å². The summed E-state index contributed by atoms with van der Waals surface area (Å²) in [5.41, 5.74) is -0.0883. The molecule has 1 rings (SSSR count). The van der Waals surface area contributed by atoms with E-state index in [1.165, 1.54) is 10.7 Å². The largest absolute Gasteiger partial charge is 0.480 e. The zero-order chi connectivity index (χ0) is 12.7. The number of hydrogen-bond acceptors (Lipinski definition) is 4. The van der Waals surface area contributed by atoms with Crippen molar-refractivity contribution in [3.63, 3.8) is 0 Å². The highest BCUT2D eigenvalue weighted by Crippen LogP contribution is 1.99.